The van der Waals surface area contributed by atoms with Crippen molar-refractivity contribution in [3.8, 4) is 0 Å². The van der Waals surface area contributed by atoms with Crippen molar-refractivity contribution in [1.29, 1.82) is 0 Å². The summed E-state index contributed by atoms with van der Waals surface area (Å²) in [5.41, 5.74) is 0.603. The van der Waals surface area contributed by atoms with E-state index in [1.807, 2.05) is 6.92 Å². The third-order valence-electron chi connectivity index (χ3n) is 4.11. The molecule has 0 radical (unpaired) electrons. The number of aliphatic hydroxyl groups is 2. The summed E-state index contributed by atoms with van der Waals surface area (Å²) in [7, 11) is 1.41. The minimum Gasteiger partial charge on any atom is -0.387 e. The van der Waals surface area contributed by atoms with Gasteiger partial charge in [0.05, 0.1) is 6.33 Å². The van der Waals surface area contributed by atoms with Gasteiger partial charge in [0.15, 0.2) is 29.3 Å². The summed E-state index contributed by atoms with van der Waals surface area (Å²) in [5.74, 6) is -0.511. The number of rotatable bonds is 5. The van der Waals surface area contributed by atoms with Gasteiger partial charge in [-0.3, -0.25) is 14.2 Å². The monoisotopic (exact) mass is 364 g/mol. The zero-order valence-corrected chi connectivity index (χ0v) is 14.3. The molecule has 2 aromatic rings. The molecule has 11 heteroatoms. The van der Waals surface area contributed by atoms with Gasteiger partial charge in [0, 0.05) is 13.5 Å². The Morgan fingerprint density at radius 1 is 1.27 bits per heavy atom. The average Bonchev–Trinajstić information content (AvgIpc) is 3.17. The molecule has 0 aromatic carbocycles. The lowest BCUT2D eigenvalue weighted by Crippen LogP contribution is -2.41. The minimum atomic E-state index is -1.40. The lowest BCUT2D eigenvalue weighted by Gasteiger charge is -2.16. The Labute approximate surface area is 148 Å². The molecule has 1 fully saturated rings. The first kappa shape index (κ1) is 18.2. The first-order valence-corrected chi connectivity index (χ1v) is 8.18. The van der Waals surface area contributed by atoms with E-state index >= 15 is 0 Å². The SMILES string of the molecule is CCCC(=O)Nc1ncnc2c1ncn2[C@@H]1O[C@H](C(=O)NC)[C@@H](O)[C@H]1O. The number of hydrogen-bond acceptors (Lipinski definition) is 8. The van der Waals surface area contributed by atoms with E-state index in [2.05, 4.69) is 25.6 Å². The number of nitrogens with zero attached hydrogens (tertiary/aromatic N) is 4. The van der Waals surface area contributed by atoms with Gasteiger partial charge in [-0.05, 0) is 6.42 Å². The summed E-state index contributed by atoms with van der Waals surface area (Å²) < 4.78 is 6.91. The number of hydrogen-bond donors (Lipinski definition) is 4. The van der Waals surface area contributed by atoms with Gasteiger partial charge in [-0.25, -0.2) is 15.0 Å². The number of fused-ring (bicyclic) bond motifs is 1. The van der Waals surface area contributed by atoms with Crippen LogP contribution in [-0.2, 0) is 14.3 Å². The van der Waals surface area contributed by atoms with E-state index in [-0.39, 0.29) is 11.7 Å². The Morgan fingerprint density at radius 2 is 2.04 bits per heavy atom. The van der Waals surface area contributed by atoms with Crippen LogP contribution in [-0.4, -0.2) is 66.9 Å². The van der Waals surface area contributed by atoms with Gasteiger partial charge >= 0.3 is 0 Å². The number of carbonyl (C=O) groups is 2. The predicted octanol–water partition coefficient (Wildman–Crippen LogP) is -1.07. The van der Waals surface area contributed by atoms with Crippen molar-refractivity contribution in [3.63, 3.8) is 0 Å². The fraction of sp³-hybridized carbons (Fsp3) is 0.533. The summed E-state index contributed by atoms with van der Waals surface area (Å²) in [5, 5.41) is 25.4. The molecular weight excluding hydrogens is 344 g/mol. The van der Waals surface area contributed by atoms with Crippen LogP contribution in [0, 0.1) is 0 Å². The van der Waals surface area contributed by atoms with Crippen LogP contribution in [0.1, 0.15) is 26.0 Å². The quantitative estimate of drug-likeness (QED) is 0.523. The molecular formula is C15H20N6O5. The van der Waals surface area contributed by atoms with E-state index in [1.54, 1.807) is 0 Å². The number of nitrogens with one attached hydrogen (secondary N) is 2. The van der Waals surface area contributed by atoms with Crippen LogP contribution in [0.25, 0.3) is 11.2 Å². The Morgan fingerprint density at radius 3 is 2.73 bits per heavy atom. The second kappa shape index (κ2) is 7.32. The zero-order chi connectivity index (χ0) is 18.8. The summed E-state index contributed by atoms with van der Waals surface area (Å²) >= 11 is 0. The summed E-state index contributed by atoms with van der Waals surface area (Å²) in [4.78, 5) is 35.9. The smallest absolute Gasteiger partial charge is 0.251 e. The van der Waals surface area contributed by atoms with Gasteiger partial charge in [0.25, 0.3) is 5.91 Å². The van der Waals surface area contributed by atoms with Crippen LogP contribution >= 0.6 is 0 Å². The second-order valence-electron chi connectivity index (χ2n) is 5.89. The standard InChI is InChI=1S/C15H20N6O5/c1-3-4-7(22)20-12-8-13(18-5-17-12)21(6-19-8)15-10(24)9(23)11(26-15)14(25)16-2/h5-6,9-11,15,23-24H,3-4H2,1-2H3,(H,16,25)(H,17,18,20,22)/t9-,10+,11-,15+/m0/s1. The van der Waals surface area contributed by atoms with Crippen molar-refractivity contribution >= 4 is 28.8 Å². The van der Waals surface area contributed by atoms with Gasteiger partial charge in [0.1, 0.15) is 18.5 Å². The van der Waals surface area contributed by atoms with Crippen molar-refractivity contribution in [2.45, 2.75) is 44.3 Å². The van der Waals surface area contributed by atoms with Gasteiger partial charge in [-0.15, -0.1) is 0 Å². The van der Waals surface area contributed by atoms with Crippen LogP contribution in [0.4, 0.5) is 5.82 Å². The third-order valence-corrected chi connectivity index (χ3v) is 4.11. The van der Waals surface area contributed by atoms with Gasteiger partial charge < -0.3 is 25.6 Å². The normalized spacial score (nSPS) is 25.4. The van der Waals surface area contributed by atoms with Crippen molar-refractivity contribution in [1.82, 2.24) is 24.8 Å². The summed E-state index contributed by atoms with van der Waals surface area (Å²) in [6.07, 6.45) is -1.41. The molecule has 4 N–H and O–H groups in total. The van der Waals surface area contributed by atoms with E-state index in [1.165, 1.54) is 24.3 Å². The maximum absolute atomic E-state index is 11.8. The highest BCUT2D eigenvalue weighted by atomic mass is 16.6. The molecule has 140 valence electrons. The van der Waals surface area contributed by atoms with Crippen molar-refractivity contribution in [2.75, 3.05) is 12.4 Å². The second-order valence-corrected chi connectivity index (χ2v) is 5.89. The van der Waals surface area contributed by atoms with E-state index in [0.717, 1.165) is 0 Å². The number of imidazole rings is 1. The summed E-state index contributed by atoms with van der Waals surface area (Å²) in [6.45, 7) is 1.89. The summed E-state index contributed by atoms with van der Waals surface area (Å²) in [6, 6.07) is 0. The first-order valence-electron chi connectivity index (χ1n) is 8.18. The number of aromatic nitrogens is 4. The zero-order valence-electron chi connectivity index (χ0n) is 14.3. The van der Waals surface area contributed by atoms with Crippen molar-refractivity contribution in [2.24, 2.45) is 0 Å². The molecule has 4 atom stereocenters. The number of amides is 2. The first-order chi connectivity index (χ1) is 12.5. The highest BCUT2D eigenvalue weighted by molar-refractivity contribution is 5.96. The van der Waals surface area contributed by atoms with Crippen molar-refractivity contribution < 1.29 is 24.5 Å². The molecule has 3 rings (SSSR count). The third kappa shape index (κ3) is 3.11. The van der Waals surface area contributed by atoms with Crippen molar-refractivity contribution in [3.05, 3.63) is 12.7 Å². The maximum atomic E-state index is 11.8. The fourth-order valence-electron chi connectivity index (χ4n) is 2.80. The maximum Gasteiger partial charge on any atom is 0.251 e. The number of likely N-dealkylation sites (N-methyl/N-ethyl adjacent to an activating group) is 1. The van der Waals surface area contributed by atoms with E-state index in [4.69, 9.17) is 4.74 Å². The van der Waals surface area contributed by atoms with Crippen LogP contribution in [0.5, 0.6) is 0 Å². The fourth-order valence-corrected chi connectivity index (χ4v) is 2.80. The van der Waals surface area contributed by atoms with Gasteiger partial charge in [-0.2, -0.15) is 0 Å². The number of ether oxygens (including phenoxy) is 1. The molecule has 1 aliphatic heterocycles. The lowest BCUT2D eigenvalue weighted by atomic mass is 10.1. The highest BCUT2D eigenvalue weighted by Gasteiger charge is 2.47. The number of anilines is 1. The average molecular weight is 364 g/mol. The lowest BCUT2D eigenvalue weighted by molar-refractivity contribution is -0.137. The molecule has 26 heavy (non-hydrogen) atoms. The Bertz CT molecular complexity index is 824. The molecule has 2 aromatic heterocycles. The Balaban J connectivity index is 1.92. The largest absolute Gasteiger partial charge is 0.387 e. The molecule has 0 unspecified atom stereocenters. The molecule has 2 amide bonds. The number of carbonyl (C=O) groups excluding carboxylic acids is 2. The predicted molar refractivity (Wildman–Crippen MR) is 88.9 cm³/mol. The molecule has 1 saturated heterocycles. The highest BCUT2D eigenvalue weighted by Crippen LogP contribution is 2.32. The van der Waals surface area contributed by atoms with Gasteiger partial charge in [-0.1, -0.05) is 6.92 Å². The molecule has 0 bridgehead atoms. The van der Waals surface area contributed by atoms with E-state index in [0.29, 0.717) is 24.0 Å². The Hall–Kier alpha value is -2.63. The topological polar surface area (TPSA) is 151 Å². The van der Waals surface area contributed by atoms with E-state index < -0.39 is 30.4 Å². The molecule has 0 spiro atoms. The van der Waals surface area contributed by atoms with Crippen LogP contribution in [0.3, 0.4) is 0 Å². The van der Waals surface area contributed by atoms with Crippen LogP contribution < -0.4 is 10.6 Å². The number of aliphatic hydroxyl groups excluding tert-OH is 2. The van der Waals surface area contributed by atoms with Gasteiger partial charge in [0.2, 0.25) is 5.91 Å². The molecule has 3 heterocycles. The van der Waals surface area contributed by atoms with Crippen LogP contribution in [0.2, 0.25) is 0 Å². The molecule has 0 saturated carbocycles. The van der Waals surface area contributed by atoms with Crippen LogP contribution in [0.15, 0.2) is 12.7 Å². The Kier molecular flexibility index (Phi) is 5.11. The molecule has 0 aliphatic carbocycles. The molecule has 1 aliphatic rings. The molecule has 11 nitrogen and oxygen atoms in total. The van der Waals surface area contributed by atoms with E-state index in [9.17, 15) is 19.8 Å². The minimum absolute atomic E-state index is 0.200.